The van der Waals surface area contributed by atoms with Crippen molar-refractivity contribution in [2.24, 2.45) is 0 Å². The fourth-order valence-electron chi connectivity index (χ4n) is 3.84. The van der Waals surface area contributed by atoms with E-state index in [0.717, 1.165) is 17.2 Å². The minimum Gasteiger partial charge on any atom is -0.368 e. The van der Waals surface area contributed by atoms with E-state index in [0.29, 0.717) is 50.8 Å². The van der Waals surface area contributed by atoms with Crippen molar-refractivity contribution in [1.29, 1.82) is 0 Å². The van der Waals surface area contributed by atoms with E-state index in [4.69, 9.17) is 11.6 Å². The van der Waals surface area contributed by atoms with Crippen LogP contribution in [0.5, 0.6) is 0 Å². The van der Waals surface area contributed by atoms with Crippen LogP contribution in [0.25, 0.3) is 0 Å². The largest absolute Gasteiger partial charge is 0.368 e. The summed E-state index contributed by atoms with van der Waals surface area (Å²) in [7, 11) is -3.89. The highest BCUT2D eigenvalue weighted by Crippen LogP contribution is 2.28. The molecule has 2 aromatic rings. The van der Waals surface area contributed by atoms with Gasteiger partial charge in [-0.2, -0.15) is 21.2 Å². The topological polar surface area (TPSA) is 78.8 Å². The van der Waals surface area contributed by atoms with E-state index in [1.165, 1.54) is 8.99 Å². The number of halogens is 1. The van der Waals surface area contributed by atoms with E-state index in [2.05, 4.69) is 10.00 Å². The van der Waals surface area contributed by atoms with Crippen LogP contribution in [-0.4, -0.2) is 84.1 Å². The van der Waals surface area contributed by atoms with Gasteiger partial charge < -0.3 is 9.80 Å². The second-order valence-corrected chi connectivity index (χ2v) is 10.9. The van der Waals surface area contributed by atoms with Crippen LogP contribution in [0.4, 0.5) is 5.69 Å². The Labute approximate surface area is 192 Å². The number of piperazine rings is 1. The maximum absolute atomic E-state index is 13.5. The lowest BCUT2D eigenvalue weighted by molar-refractivity contribution is 0.0768. The number of hydrogen-bond donors (Lipinski definition) is 0. The molecule has 11 heteroatoms. The molecule has 0 saturated carbocycles. The Morgan fingerprint density at radius 3 is 2.42 bits per heavy atom. The number of sulfonamides is 1. The van der Waals surface area contributed by atoms with Gasteiger partial charge in [0.05, 0.1) is 16.3 Å². The number of rotatable bonds is 5. The molecule has 1 aromatic carbocycles. The van der Waals surface area contributed by atoms with Gasteiger partial charge in [-0.15, -0.1) is 0 Å². The minimum absolute atomic E-state index is 0.135. The zero-order valence-electron chi connectivity index (χ0n) is 17.4. The second-order valence-electron chi connectivity index (χ2n) is 7.45. The van der Waals surface area contributed by atoms with Gasteiger partial charge in [-0.25, -0.2) is 8.42 Å². The number of anilines is 1. The molecular weight excluding hydrogens is 458 g/mol. The highest BCUT2D eigenvalue weighted by Gasteiger charge is 2.36. The second kappa shape index (κ2) is 9.40. The first-order valence-corrected chi connectivity index (χ1v) is 13.3. The van der Waals surface area contributed by atoms with Crippen LogP contribution in [0, 0.1) is 0 Å². The fourth-order valence-corrected chi connectivity index (χ4v) is 6.51. The third-order valence-electron chi connectivity index (χ3n) is 5.60. The smallest absolute Gasteiger partial charge is 0.263 e. The van der Waals surface area contributed by atoms with Gasteiger partial charge in [0.2, 0.25) is 5.03 Å². The summed E-state index contributed by atoms with van der Waals surface area (Å²) in [5, 5.41) is 4.79. The third-order valence-corrected chi connectivity index (χ3v) is 8.69. The maximum Gasteiger partial charge on any atom is 0.263 e. The summed E-state index contributed by atoms with van der Waals surface area (Å²) in [6.07, 6.45) is 1.57. The van der Waals surface area contributed by atoms with Crippen molar-refractivity contribution in [2.45, 2.75) is 18.5 Å². The lowest BCUT2D eigenvalue weighted by Gasteiger charge is -2.35. The third kappa shape index (κ3) is 4.57. The quantitative estimate of drug-likeness (QED) is 0.649. The predicted octanol–water partition coefficient (Wildman–Crippen LogP) is 2.26. The lowest BCUT2D eigenvalue weighted by Crippen LogP contribution is -2.49. The van der Waals surface area contributed by atoms with Crippen molar-refractivity contribution in [3.8, 4) is 0 Å². The van der Waals surface area contributed by atoms with Crippen LogP contribution in [-0.2, 0) is 16.6 Å². The van der Waals surface area contributed by atoms with Crippen molar-refractivity contribution < 1.29 is 13.2 Å². The van der Waals surface area contributed by atoms with Gasteiger partial charge in [-0.1, -0.05) is 23.7 Å². The predicted molar refractivity (Wildman–Crippen MR) is 124 cm³/mol. The number of thioether (sulfide) groups is 1. The Balaban J connectivity index is 1.55. The number of amides is 1. The first kappa shape index (κ1) is 22.4. The van der Waals surface area contributed by atoms with Gasteiger partial charge in [0.1, 0.15) is 0 Å². The monoisotopic (exact) mass is 483 g/mol. The van der Waals surface area contributed by atoms with Crippen molar-refractivity contribution >= 4 is 45.0 Å². The molecule has 1 amide bonds. The van der Waals surface area contributed by atoms with Crippen LogP contribution in [0.3, 0.4) is 0 Å². The molecular formula is C20H26ClN5O3S2. The number of carbonyl (C=O) groups excluding carboxylic acids is 1. The van der Waals surface area contributed by atoms with Gasteiger partial charge >= 0.3 is 0 Å². The SMILES string of the molecule is CCn1cc(C(=O)N2CCSCC2)c(S(=O)(=O)N2CCN(c3ccccc3Cl)CC2)n1. The van der Waals surface area contributed by atoms with Crippen molar-refractivity contribution in [3.05, 3.63) is 41.0 Å². The van der Waals surface area contributed by atoms with Crippen LogP contribution in [0.2, 0.25) is 5.02 Å². The molecule has 2 aliphatic rings. The molecule has 168 valence electrons. The molecule has 3 heterocycles. The number of carbonyl (C=O) groups is 1. The van der Waals surface area contributed by atoms with Crippen molar-refractivity contribution in [1.82, 2.24) is 19.0 Å². The summed E-state index contributed by atoms with van der Waals surface area (Å²) in [5.41, 5.74) is 1.07. The van der Waals surface area contributed by atoms with Gasteiger partial charge in [-0.3, -0.25) is 9.48 Å². The lowest BCUT2D eigenvalue weighted by atomic mass is 10.2. The van der Waals surface area contributed by atoms with E-state index in [9.17, 15) is 13.2 Å². The normalized spacial score (nSPS) is 18.4. The molecule has 0 radical (unpaired) electrons. The Morgan fingerprint density at radius 2 is 1.77 bits per heavy atom. The summed E-state index contributed by atoms with van der Waals surface area (Å²) in [6, 6.07) is 7.55. The number of nitrogens with zero attached hydrogens (tertiary/aromatic N) is 5. The summed E-state index contributed by atoms with van der Waals surface area (Å²) < 4.78 is 29.9. The minimum atomic E-state index is -3.89. The Bertz CT molecular complexity index is 1040. The summed E-state index contributed by atoms with van der Waals surface area (Å²) in [6.45, 7) is 5.26. The number of para-hydroxylation sites is 1. The summed E-state index contributed by atoms with van der Waals surface area (Å²) >= 11 is 8.10. The highest BCUT2D eigenvalue weighted by molar-refractivity contribution is 7.99. The molecule has 0 atom stereocenters. The van der Waals surface area contributed by atoms with Gasteiger partial charge in [0, 0.05) is 63.5 Å². The molecule has 2 aliphatic heterocycles. The molecule has 2 fully saturated rings. The van der Waals surface area contributed by atoms with Gasteiger partial charge in [0.15, 0.2) is 0 Å². The molecule has 8 nitrogen and oxygen atoms in total. The molecule has 31 heavy (non-hydrogen) atoms. The fraction of sp³-hybridized carbons (Fsp3) is 0.500. The molecule has 0 unspecified atom stereocenters. The van der Waals surface area contributed by atoms with Crippen LogP contribution in [0.15, 0.2) is 35.5 Å². The van der Waals surface area contributed by atoms with Crippen LogP contribution >= 0.6 is 23.4 Å². The number of aromatic nitrogens is 2. The first-order valence-electron chi connectivity index (χ1n) is 10.4. The van der Waals surface area contributed by atoms with Gasteiger partial charge in [0.25, 0.3) is 15.9 Å². The first-order chi connectivity index (χ1) is 14.9. The summed E-state index contributed by atoms with van der Waals surface area (Å²) in [4.78, 5) is 16.9. The van der Waals surface area contributed by atoms with E-state index in [1.54, 1.807) is 22.9 Å². The molecule has 0 bridgehead atoms. The Kier molecular flexibility index (Phi) is 6.80. The van der Waals surface area contributed by atoms with E-state index >= 15 is 0 Å². The van der Waals surface area contributed by atoms with Gasteiger partial charge in [-0.05, 0) is 19.1 Å². The molecule has 0 spiro atoms. The van der Waals surface area contributed by atoms with Crippen LogP contribution < -0.4 is 4.90 Å². The Morgan fingerprint density at radius 1 is 1.10 bits per heavy atom. The van der Waals surface area contributed by atoms with Crippen molar-refractivity contribution in [2.75, 3.05) is 55.7 Å². The number of hydrogen-bond acceptors (Lipinski definition) is 6. The maximum atomic E-state index is 13.5. The van der Waals surface area contributed by atoms with Crippen molar-refractivity contribution in [3.63, 3.8) is 0 Å². The molecule has 0 aliphatic carbocycles. The number of benzene rings is 1. The zero-order valence-corrected chi connectivity index (χ0v) is 19.8. The molecule has 2 saturated heterocycles. The van der Waals surface area contributed by atoms with Crippen LogP contribution in [0.1, 0.15) is 17.3 Å². The van der Waals surface area contributed by atoms with E-state index in [1.807, 2.05) is 31.2 Å². The number of aryl methyl sites for hydroxylation is 1. The molecule has 4 rings (SSSR count). The standard InChI is InChI=1S/C20H26ClN5O3S2/c1-2-25-15-16(20(27)24-11-13-30-14-12-24)19(22-25)31(28,29)26-9-7-23(8-10-26)18-6-4-3-5-17(18)21/h3-6,15H,2,7-14H2,1H3. The molecule has 1 aromatic heterocycles. The Hall–Kier alpha value is -1.75. The molecule has 0 N–H and O–H groups in total. The average molecular weight is 484 g/mol. The average Bonchev–Trinajstić information content (AvgIpc) is 3.25. The highest BCUT2D eigenvalue weighted by atomic mass is 35.5. The van der Waals surface area contributed by atoms with E-state index in [-0.39, 0.29) is 16.5 Å². The zero-order chi connectivity index (χ0) is 22.0. The van der Waals surface area contributed by atoms with E-state index < -0.39 is 10.0 Å². The summed E-state index contributed by atoms with van der Waals surface area (Å²) in [5.74, 6) is 1.47.